The maximum Gasteiger partial charge on any atom is 0.309 e. The molecule has 2 unspecified atom stereocenters. The predicted molar refractivity (Wildman–Crippen MR) is 55.5 cm³/mol. The SMILES string of the molecule is CCOC(=O)C1CC1CN1CCOCC1. The Hall–Kier alpha value is -0.610. The quantitative estimate of drug-likeness (QED) is 0.638. The van der Waals surface area contributed by atoms with Gasteiger partial charge in [-0.2, -0.15) is 0 Å². The lowest BCUT2D eigenvalue weighted by atomic mass is 10.3. The lowest BCUT2D eigenvalue weighted by molar-refractivity contribution is -0.145. The van der Waals surface area contributed by atoms with E-state index in [2.05, 4.69) is 4.90 Å². The summed E-state index contributed by atoms with van der Waals surface area (Å²) in [5.74, 6) is 0.700. The summed E-state index contributed by atoms with van der Waals surface area (Å²) in [6.07, 6.45) is 1.01. The first-order valence-electron chi connectivity index (χ1n) is 5.78. The van der Waals surface area contributed by atoms with Gasteiger partial charge in [0, 0.05) is 19.6 Å². The summed E-state index contributed by atoms with van der Waals surface area (Å²) >= 11 is 0. The van der Waals surface area contributed by atoms with Crippen molar-refractivity contribution in [3.63, 3.8) is 0 Å². The number of ether oxygens (including phenoxy) is 2. The lowest BCUT2D eigenvalue weighted by Gasteiger charge is -2.26. The van der Waals surface area contributed by atoms with E-state index in [1.807, 2.05) is 6.92 Å². The van der Waals surface area contributed by atoms with Crippen LogP contribution in [0.2, 0.25) is 0 Å². The van der Waals surface area contributed by atoms with Gasteiger partial charge >= 0.3 is 5.97 Å². The van der Waals surface area contributed by atoms with Crippen LogP contribution < -0.4 is 0 Å². The first kappa shape index (κ1) is 10.9. The number of nitrogens with zero attached hydrogens (tertiary/aromatic N) is 1. The topological polar surface area (TPSA) is 38.8 Å². The Bertz CT molecular complexity index is 226. The van der Waals surface area contributed by atoms with Crippen LogP contribution in [0.4, 0.5) is 0 Å². The van der Waals surface area contributed by atoms with Gasteiger partial charge < -0.3 is 9.47 Å². The van der Waals surface area contributed by atoms with Crippen molar-refractivity contribution in [2.75, 3.05) is 39.5 Å². The van der Waals surface area contributed by atoms with E-state index in [0.29, 0.717) is 12.5 Å². The molecular weight excluding hydrogens is 194 g/mol. The summed E-state index contributed by atoms with van der Waals surface area (Å²) in [5, 5.41) is 0. The highest BCUT2D eigenvalue weighted by atomic mass is 16.5. The Kier molecular flexibility index (Phi) is 3.59. The summed E-state index contributed by atoms with van der Waals surface area (Å²) in [6.45, 7) is 7.06. The van der Waals surface area contributed by atoms with E-state index in [1.165, 1.54) is 0 Å². The van der Waals surface area contributed by atoms with Crippen LogP contribution in [0.3, 0.4) is 0 Å². The molecule has 1 aliphatic heterocycles. The van der Waals surface area contributed by atoms with Crippen molar-refractivity contribution < 1.29 is 14.3 Å². The molecule has 15 heavy (non-hydrogen) atoms. The van der Waals surface area contributed by atoms with Crippen molar-refractivity contribution >= 4 is 5.97 Å². The lowest BCUT2D eigenvalue weighted by Crippen LogP contribution is -2.37. The Morgan fingerprint density at radius 1 is 1.47 bits per heavy atom. The van der Waals surface area contributed by atoms with Gasteiger partial charge in [0.25, 0.3) is 0 Å². The zero-order valence-electron chi connectivity index (χ0n) is 9.28. The van der Waals surface area contributed by atoms with E-state index in [9.17, 15) is 4.79 Å². The molecule has 1 heterocycles. The number of hydrogen-bond acceptors (Lipinski definition) is 4. The molecule has 0 aromatic heterocycles. The normalized spacial score (nSPS) is 31.3. The third kappa shape index (κ3) is 2.92. The van der Waals surface area contributed by atoms with Crippen LogP contribution in [0.15, 0.2) is 0 Å². The first-order chi connectivity index (χ1) is 7.31. The van der Waals surface area contributed by atoms with Gasteiger partial charge in [-0.05, 0) is 19.3 Å². The van der Waals surface area contributed by atoms with E-state index in [0.717, 1.165) is 39.3 Å². The molecule has 0 aromatic carbocycles. The number of esters is 1. The minimum atomic E-state index is -0.00393. The second-order valence-corrected chi connectivity index (χ2v) is 4.27. The molecule has 1 aliphatic carbocycles. The number of rotatable bonds is 4. The number of hydrogen-bond donors (Lipinski definition) is 0. The fourth-order valence-electron chi connectivity index (χ4n) is 2.10. The predicted octanol–water partition coefficient (Wildman–Crippen LogP) is 0.518. The van der Waals surface area contributed by atoms with Crippen LogP contribution in [0.5, 0.6) is 0 Å². The molecule has 0 amide bonds. The maximum atomic E-state index is 11.4. The van der Waals surface area contributed by atoms with Crippen LogP contribution in [0, 0.1) is 11.8 Å². The average Bonchev–Trinajstić information content (AvgIpc) is 2.99. The molecule has 2 fully saturated rings. The number of carbonyl (C=O) groups is 1. The van der Waals surface area contributed by atoms with Gasteiger partial charge in [-0.1, -0.05) is 0 Å². The molecule has 2 atom stereocenters. The fourth-order valence-corrected chi connectivity index (χ4v) is 2.10. The van der Waals surface area contributed by atoms with E-state index < -0.39 is 0 Å². The summed E-state index contributed by atoms with van der Waals surface area (Å²) < 4.78 is 10.3. The van der Waals surface area contributed by atoms with Gasteiger partial charge in [0.1, 0.15) is 0 Å². The fraction of sp³-hybridized carbons (Fsp3) is 0.909. The van der Waals surface area contributed by atoms with Crippen molar-refractivity contribution in [2.24, 2.45) is 11.8 Å². The van der Waals surface area contributed by atoms with E-state index in [1.54, 1.807) is 0 Å². The van der Waals surface area contributed by atoms with Gasteiger partial charge in [-0.25, -0.2) is 0 Å². The summed E-state index contributed by atoms with van der Waals surface area (Å²) in [5.41, 5.74) is 0. The van der Waals surface area contributed by atoms with Crippen molar-refractivity contribution in [1.29, 1.82) is 0 Å². The van der Waals surface area contributed by atoms with Gasteiger partial charge in [0.2, 0.25) is 0 Å². The largest absolute Gasteiger partial charge is 0.466 e. The molecule has 2 rings (SSSR count). The summed E-state index contributed by atoms with van der Waals surface area (Å²) in [6, 6.07) is 0. The van der Waals surface area contributed by atoms with Crippen LogP contribution in [-0.4, -0.2) is 50.3 Å². The molecule has 0 spiro atoms. The Morgan fingerprint density at radius 2 is 2.20 bits per heavy atom. The molecule has 4 nitrogen and oxygen atoms in total. The van der Waals surface area contributed by atoms with Crippen LogP contribution >= 0.6 is 0 Å². The van der Waals surface area contributed by atoms with Gasteiger partial charge in [-0.15, -0.1) is 0 Å². The number of carbonyl (C=O) groups excluding carboxylic acids is 1. The third-order valence-corrected chi connectivity index (χ3v) is 3.11. The monoisotopic (exact) mass is 213 g/mol. The molecule has 1 saturated carbocycles. The average molecular weight is 213 g/mol. The minimum Gasteiger partial charge on any atom is -0.466 e. The summed E-state index contributed by atoms with van der Waals surface area (Å²) in [4.78, 5) is 13.8. The molecule has 1 saturated heterocycles. The third-order valence-electron chi connectivity index (χ3n) is 3.11. The Morgan fingerprint density at radius 3 is 2.87 bits per heavy atom. The van der Waals surface area contributed by atoms with Crippen LogP contribution in [-0.2, 0) is 14.3 Å². The van der Waals surface area contributed by atoms with Crippen molar-refractivity contribution in [3.8, 4) is 0 Å². The van der Waals surface area contributed by atoms with Crippen molar-refractivity contribution in [3.05, 3.63) is 0 Å². The zero-order valence-corrected chi connectivity index (χ0v) is 9.28. The summed E-state index contributed by atoms with van der Waals surface area (Å²) in [7, 11) is 0. The van der Waals surface area contributed by atoms with Crippen molar-refractivity contribution in [2.45, 2.75) is 13.3 Å². The molecule has 86 valence electrons. The highest BCUT2D eigenvalue weighted by molar-refractivity contribution is 5.75. The minimum absolute atomic E-state index is 0.00393. The molecule has 0 aromatic rings. The molecule has 2 aliphatic rings. The van der Waals surface area contributed by atoms with E-state index in [4.69, 9.17) is 9.47 Å². The van der Waals surface area contributed by atoms with Crippen molar-refractivity contribution in [1.82, 2.24) is 4.90 Å². The highest BCUT2D eigenvalue weighted by Crippen LogP contribution is 2.40. The maximum absolute atomic E-state index is 11.4. The van der Waals surface area contributed by atoms with Gasteiger partial charge in [-0.3, -0.25) is 9.69 Å². The first-order valence-corrected chi connectivity index (χ1v) is 5.78. The second-order valence-electron chi connectivity index (χ2n) is 4.27. The smallest absolute Gasteiger partial charge is 0.309 e. The highest BCUT2D eigenvalue weighted by Gasteiger charge is 2.44. The number of morpholine rings is 1. The van der Waals surface area contributed by atoms with Crippen LogP contribution in [0.25, 0.3) is 0 Å². The molecule has 0 radical (unpaired) electrons. The van der Waals surface area contributed by atoms with E-state index in [-0.39, 0.29) is 11.9 Å². The van der Waals surface area contributed by atoms with Gasteiger partial charge in [0.15, 0.2) is 0 Å². The zero-order chi connectivity index (χ0) is 10.7. The van der Waals surface area contributed by atoms with Crippen LogP contribution in [0.1, 0.15) is 13.3 Å². The molecular formula is C11H19NO3. The molecule has 0 bridgehead atoms. The molecule has 0 N–H and O–H groups in total. The second kappa shape index (κ2) is 4.94. The van der Waals surface area contributed by atoms with Gasteiger partial charge in [0.05, 0.1) is 25.7 Å². The Labute approximate surface area is 90.5 Å². The standard InChI is InChI=1S/C11H19NO3/c1-2-15-11(13)10-7-9(10)8-12-3-5-14-6-4-12/h9-10H,2-8H2,1H3. The van der Waals surface area contributed by atoms with E-state index >= 15 is 0 Å². The molecule has 4 heteroatoms. The Balaban J connectivity index is 1.67.